The fourth-order valence-electron chi connectivity index (χ4n) is 1.24. The van der Waals surface area contributed by atoms with Gasteiger partial charge in [0.25, 0.3) is 0 Å². The summed E-state index contributed by atoms with van der Waals surface area (Å²) in [7, 11) is 1.77. The van der Waals surface area contributed by atoms with Gasteiger partial charge in [-0.1, -0.05) is 6.07 Å². The van der Waals surface area contributed by atoms with Crippen molar-refractivity contribution in [2.24, 2.45) is 4.99 Å². The molecule has 0 saturated carbocycles. The Kier molecular flexibility index (Phi) is 8.88. The molecule has 0 aliphatic heterocycles. The van der Waals surface area contributed by atoms with Crippen molar-refractivity contribution in [2.75, 3.05) is 20.1 Å². The largest absolute Gasteiger partial charge is 0.357 e. The quantitative estimate of drug-likeness (QED) is 0.498. The van der Waals surface area contributed by atoms with Crippen molar-refractivity contribution in [3.05, 3.63) is 30.1 Å². The van der Waals surface area contributed by atoms with Crippen LogP contribution in [0.2, 0.25) is 0 Å². The smallest absolute Gasteiger partial charge is 0.190 e. The molecule has 0 amide bonds. The average Bonchev–Trinajstić information content (AvgIpc) is 2.29. The van der Waals surface area contributed by atoms with Crippen molar-refractivity contribution < 1.29 is 0 Å². The van der Waals surface area contributed by atoms with E-state index in [1.165, 1.54) is 0 Å². The Labute approximate surface area is 114 Å². The fourth-order valence-corrected chi connectivity index (χ4v) is 1.24. The highest BCUT2D eigenvalue weighted by Crippen LogP contribution is 1.92. The van der Waals surface area contributed by atoms with Gasteiger partial charge in [-0.3, -0.25) is 9.98 Å². The van der Waals surface area contributed by atoms with Gasteiger partial charge in [-0.2, -0.15) is 0 Å². The van der Waals surface area contributed by atoms with Crippen LogP contribution >= 0.6 is 24.0 Å². The molecule has 0 aliphatic carbocycles. The molecule has 0 saturated heterocycles. The predicted molar refractivity (Wildman–Crippen MR) is 78.4 cm³/mol. The van der Waals surface area contributed by atoms with Gasteiger partial charge in [-0.15, -0.1) is 24.0 Å². The van der Waals surface area contributed by atoms with Crippen LogP contribution in [0.25, 0.3) is 0 Å². The summed E-state index contributed by atoms with van der Waals surface area (Å²) in [6.45, 7) is 3.77. The number of halogens is 1. The molecule has 1 rings (SSSR count). The average molecular weight is 334 g/mol. The summed E-state index contributed by atoms with van der Waals surface area (Å²) in [6, 6.07) is 5.95. The van der Waals surface area contributed by atoms with E-state index in [1.807, 2.05) is 31.3 Å². The number of aliphatic imine (C=N–C) groups is 1. The van der Waals surface area contributed by atoms with Crippen LogP contribution < -0.4 is 10.6 Å². The fraction of sp³-hybridized carbons (Fsp3) is 0.455. The first kappa shape index (κ1) is 15.2. The number of nitrogens with zero attached hydrogens (tertiary/aromatic N) is 2. The lowest BCUT2D eigenvalue weighted by Crippen LogP contribution is -2.38. The highest BCUT2D eigenvalue weighted by Gasteiger charge is 1.95. The Morgan fingerprint density at radius 2 is 2.19 bits per heavy atom. The van der Waals surface area contributed by atoms with E-state index in [4.69, 9.17) is 0 Å². The number of rotatable bonds is 4. The molecule has 1 heterocycles. The summed E-state index contributed by atoms with van der Waals surface area (Å²) in [5, 5.41) is 6.35. The van der Waals surface area contributed by atoms with Crippen LogP contribution in [0.3, 0.4) is 0 Å². The van der Waals surface area contributed by atoms with Gasteiger partial charge < -0.3 is 10.6 Å². The van der Waals surface area contributed by atoms with E-state index < -0.39 is 0 Å². The van der Waals surface area contributed by atoms with E-state index in [-0.39, 0.29) is 24.0 Å². The van der Waals surface area contributed by atoms with Gasteiger partial charge in [-0.25, -0.2) is 0 Å². The minimum Gasteiger partial charge on any atom is -0.357 e. The minimum atomic E-state index is 0. The number of hydrogen-bond acceptors (Lipinski definition) is 2. The van der Waals surface area contributed by atoms with Crippen LogP contribution in [0.15, 0.2) is 29.4 Å². The third-order valence-corrected chi connectivity index (χ3v) is 1.97. The van der Waals surface area contributed by atoms with Crippen molar-refractivity contribution >= 4 is 29.9 Å². The molecule has 0 aromatic carbocycles. The molecular weight excluding hydrogens is 315 g/mol. The van der Waals surface area contributed by atoms with Crippen LogP contribution in [-0.4, -0.2) is 31.1 Å². The van der Waals surface area contributed by atoms with Gasteiger partial charge in [0.1, 0.15) is 0 Å². The monoisotopic (exact) mass is 334 g/mol. The molecule has 0 bridgehead atoms. The van der Waals surface area contributed by atoms with Crippen LogP contribution in [0.1, 0.15) is 12.6 Å². The Morgan fingerprint density at radius 1 is 1.38 bits per heavy atom. The molecule has 0 unspecified atom stereocenters. The van der Waals surface area contributed by atoms with Crippen LogP contribution in [-0.2, 0) is 6.42 Å². The molecule has 0 atom stereocenters. The van der Waals surface area contributed by atoms with Gasteiger partial charge in [0.05, 0.1) is 0 Å². The topological polar surface area (TPSA) is 49.3 Å². The highest BCUT2D eigenvalue weighted by molar-refractivity contribution is 14.0. The summed E-state index contributed by atoms with van der Waals surface area (Å²) in [6.07, 6.45) is 2.72. The van der Waals surface area contributed by atoms with E-state index in [9.17, 15) is 0 Å². The van der Waals surface area contributed by atoms with Crippen molar-refractivity contribution in [2.45, 2.75) is 13.3 Å². The maximum absolute atomic E-state index is 4.25. The van der Waals surface area contributed by atoms with E-state index in [1.54, 1.807) is 7.05 Å². The Morgan fingerprint density at radius 3 is 2.75 bits per heavy atom. The molecule has 4 nitrogen and oxygen atoms in total. The lowest BCUT2D eigenvalue weighted by atomic mass is 10.3. The first-order valence-corrected chi connectivity index (χ1v) is 5.21. The summed E-state index contributed by atoms with van der Waals surface area (Å²) in [5.74, 6) is 0.841. The lowest BCUT2D eigenvalue weighted by molar-refractivity contribution is 0.797. The molecule has 16 heavy (non-hydrogen) atoms. The Bertz CT molecular complexity index is 300. The predicted octanol–water partition coefficient (Wildman–Crippen LogP) is 1.43. The second-order valence-corrected chi connectivity index (χ2v) is 3.10. The summed E-state index contributed by atoms with van der Waals surface area (Å²) in [4.78, 5) is 8.33. The standard InChI is InChI=1S/C11H18N4.HI/c1-3-13-11(12-2)15-9-7-10-6-4-5-8-14-10;/h4-6,8H,3,7,9H2,1-2H3,(H2,12,13,15);1H. The third kappa shape index (κ3) is 5.89. The number of guanidine groups is 1. The minimum absolute atomic E-state index is 0. The summed E-state index contributed by atoms with van der Waals surface area (Å²) >= 11 is 0. The van der Waals surface area contributed by atoms with Crippen molar-refractivity contribution in [1.29, 1.82) is 0 Å². The summed E-state index contributed by atoms with van der Waals surface area (Å²) in [5.41, 5.74) is 1.09. The highest BCUT2D eigenvalue weighted by atomic mass is 127. The van der Waals surface area contributed by atoms with E-state index in [0.717, 1.165) is 31.2 Å². The molecule has 0 spiro atoms. The van der Waals surface area contributed by atoms with Crippen LogP contribution in [0.4, 0.5) is 0 Å². The zero-order chi connectivity index (χ0) is 10.9. The Balaban J connectivity index is 0.00000225. The molecule has 0 aliphatic rings. The second kappa shape index (κ2) is 9.38. The van der Waals surface area contributed by atoms with Crippen LogP contribution in [0, 0.1) is 0 Å². The molecule has 2 N–H and O–H groups in total. The molecule has 90 valence electrons. The lowest BCUT2D eigenvalue weighted by Gasteiger charge is -2.09. The Hall–Kier alpha value is -0.850. The molecule has 0 fully saturated rings. The van der Waals surface area contributed by atoms with Crippen molar-refractivity contribution in [1.82, 2.24) is 15.6 Å². The third-order valence-electron chi connectivity index (χ3n) is 1.97. The van der Waals surface area contributed by atoms with Gasteiger partial charge >= 0.3 is 0 Å². The molecule has 0 radical (unpaired) electrons. The summed E-state index contributed by atoms with van der Waals surface area (Å²) < 4.78 is 0. The SMILES string of the molecule is CCNC(=NC)NCCc1ccccn1.I. The first-order chi connectivity index (χ1) is 7.36. The van der Waals surface area contributed by atoms with Crippen molar-refractivity contribution in [3.8, 4) is 0 Å². The van der Waals surface area contributed by atoms with E-state index >= 15 is 0 Å². The zero-order valence-corrected chi connectivity index (χ0v) is 12.1. The first-order valence-electron chi connectivity index (χ1n) is 5.21. The maximum Gasteiger partial charge on any atom is 0.190 e. The number of pyridine rings is 1. The molecule has 1 aromatic heterocycles. The maximum atomic E-state index is 4.25. The van der Waals surface area contributed by atoms with Crippen LogP contribution in [0.5, 0.6) is 0 Å². The number of hydrogen-bond donors (Lipinski definition) is 2. The molecular formula is C11H19IN4. The normalized spacial score (nSPS) is 10.5. The number of aromatic nitrogens is 1. The van der Waals surface area contributed by atoms with Crippen molar-refractivity contribution in [3.63, 3.8) is 0 Å². The van der Waals surface area contributed by atoms with Gasteiger partial charge in [0.15, 0.2) is 5.96 Å². The molecule has 1 aromatic rings. The second-order valence-electron chi connectivity index (χ2n) is 3.10. The van der Waals surface area contributed by atoms with Gasteiger partial charge in [0, 0.05) is 38.4 Å². The number of nitrogens with one attached hydrogen (secondary N) is 2. The van der Waals surface area contributed by atoms with Gasteiger partial charge in [0.2, 0.25) is 0 Å². The van der Waals surface area contributed by atoms with Gasteiger partial charge in [-0.05, 0) is 19.1 Å². The van der Waals surface area contributed by atoms with E-state index in [0.29, 0.717) is 0 Å². The van der Waals surface area contributed by atoms with E-state index in [2.05, 4.69) is 20.6 Å². The molecule has 5 heteroatoms. The zero-order valence-electron chi connectivity index (χ0n) is 9.73.